The number of H-pyrrole nitrogens is 1. The number of benzene rings is 1. The summed E-state index contributed by atoms with van der Waals surface area (Å²) in [4.78, 5) is 18.7. The maximum Gasteiger partial charge on any atom is 0.254 e. The molecule has 4 aromatic rings. The smallest absolute Gasteiger partial charge is 0.254 e. The number of aromatic nitrogens is 6. The van der Waals surface area contributed by atoms with Crippen molar-refractivity contribution in [1.29, 1.82) is 0 Å². The van der Waals surface area contributed by atoms with E-state index in [9.17, 15) is 9.18 Å². The second kappa shape index (κ2) is 7.42. The van der Waals surface area contributed by atoms with E-state index in [1.165, 1.54) is 17.0 Å². The van der Waals surface area contributed by atoms with Gasteiger partial charge < -0.3 is 9.47 Å². The van der Waals surface area contributed by atoms with E-state index in [1.807, 2.05) is 18.4 Å². The Balaban J connectivity index is 1.66. The molecule has 29 heavy (non-hydrogen) atoms. The summed E-state index contributed by atoms with van der Waals surface area (Å²) in [7, 11) is 1.66. The Labute approximate surface area is 166 Å². The van der Waals surface area contributed by atoms with Crippen molar-refractivity contribution in [2.24, 2.45) is 0 Å². The van der Waals surface area contributed by atoms with Crippen LogP contribution in [0.2, 0.25) is 0 Å². The van der Waals surface area contributed by atoms with Crippen molar-refractivity contribution < 1.29 is 9.18 Å². The quantitative estimate of drug-likeness (QED) is 0.562. The number of pyridine rings is 1. The van der Waals surface area contributed by atoms with Gasteiger partial charge >= 0.3 is 0 Å². The van der Waals surface area contributed by atoms with Crippen LogP contribution < -0.4 is 0 Å². The zero-order valence-corrected chi connectivity index (χ0v) is 16.3. The third kappa shape index (κ3) is 3.58. The molecule has 0 unspecified atom stereocenters. The second-order valence-corrected chi connectivity index (χ2v) is 7.13. The van der Waals surface area contributed by atoms with Crippen LogP contribution >= 0.6 is 0 Å². The molecule has 0 radical (unpaired) electrons. The topological polar surface area (TPSA) is 92.6 Å². The molecule has 1 amide bonds. The number of hydrogen-bond donors (Lipinski definition) is 1. The lowest BCUT2D eigenvalue weighted by Crippen LogP contribution is -2.28. The molecule has 4 rings (SSSR count). The van der Waals surface area contributed by atoms with Crippen molar-refractivity contribution in [3.05, 3.63) is 60.2 Å². The van der Waals surface area contributed by atoms with Gasteiger partial charge in [-0.05, 0) is 49.2 Å². The number of nitrogens with zero attached hydrogens (tertiary/aromatic N) is 6. The van der Waals surface area contributed by atoms with Gasteiger partial charge in [0.25, 0.3) is 5.91 Å². The molecule has 3 aromatic heterocycles. The molecule has 0 fully saturated rings. The molecule has 0 aliphatic heterocycles. The highest BCUT2D eigenvalue weighted by Crippen LogP contribution is 2.28. The van der Waals surface area contributed by atoms with Gasteiger partial charge in [-0.2, -0.15) is 5.10 Å². The van der Waals surface area contributed by atoms with Gasteiger partial charge in [0.15, 0.2) is 11.5 Å². The molecular weight excluding hydrogens is 373 g/mol. The summed E-state index contributed by atoms with van der Waals surface area (Å²) < 4.78 is 16.3. The second-order valence-electron chi connectivity index (χ2n) is 7.13. The van der Waals surface area contributed by atoms with Crippen LogP contribution in [0.5, 0.6) is 0 Å². The molecule has 1 N–H and O–H groups in total. The van der Waals surface area contributed by atoms with Crippen LogP contribution in [0, 0.1) is 5.82 Å². The molecule has 8 nitrogen and oxygen atoms in total. The van der Waals surface area contributed by atoms with E-state index in [-0.39, 0.29) is 24.1 Å². The summed E-state index contributed by atoms with van der Waals surface area (Å²) in [6.45, 7) is 4.29. The van der Waals surface area contributed by atoms with E-state index in [0.717, 1.165) is 10.9 Å². The summed E-state index contributed by atoms with van der Waals surface area (Å²) in [5, 5.41) is 15.6. The number of halogens is 1. The Bertz CT molecular complexity index is 1180. The van der Waals surface area contributed by atoms with Crippen molar-refractivity contribution in [1.82, 2.24) is 34.8 Å². The van der Waals surface area contributed by atoms with Gasteiger partial charge in [-0.15, -0.1) is 10.2 Å². The molecule has 0 bridgehead atoms. The lowest BCUT2D eigenvalue weighted by atomic mass is 10.0. The summed E-state index contributed by atoms with van der Waals surface area (Å²) in [6, 6.07) is 6.26. The van der Waals surface area contributed by atoms with Gasteiger partial charge in [0.2, 0.25) is 0 Å². The first-order valence-corrected chi connectivity index (χ1v) is 9.17. The fraction of sp³-hybridized carbons (Fsp3) is 0.250. The van der Waals surface area contributed by atoms with Crippen molar-refractivity contribution in [2.75, 3.05) is 7.05 Å². The molecule has 0 spiro atoms. The van der Waals surface area contributed by atoms with Crippen molar-refractivity contribution in [3.63, 3.8) is 0 Å². The number of nitrogens with one attached hydrogen (secondary N) is 1. The molecular formula is C20H20FN7O. The molecule has 0 aliphatic carbocycles. The molecule has 1 aromatic carbocycles. The lowest BCUT2D eigenvalue weighted by molar-refractivity contribution is 0.0779. The van der Waals surface area contributed by atoms with Crippen molar-refractivity contribution in [3.8, 4) is 11.1 Å². The fourth-order valence-electron chi connectivity index (χ4n) is 3.29. The van der Waals surface area contributed by atoms with E-state index < -0.39 is 5.82 Å². The van der Waals surface area contributed by atoms with Crippen LogP contribution in [0.25, 0.3) is 22.2 Å². The van der Waals surface area contributed by atoms with Crippen LogP contribution in [-0.2, 0) is 6.54 Å². The zero-order chi connectivity index (χ0) is 20.5. The summed E-state index contributed by atoms with van der Waals surface area (Å²) in [5.74, 6) is -0.124. The van der Waals surface area contributed by atoms with E-state index in [1.54, 1.807) is 37.9 Å². The Morgan fingerprint density at radius 2 is 2.14 bits per heavy atom. The van der Waals surface area contributed by atoms with Gasteiger partial charge in [0, 0.05) is 30.2 Å². The summed E-state index contributed by atoms with van der Waals surface area (Å²) in [5.41, 5.74) is 2.19. The Hall–Kier alpha value is -3.62. The maximum absolute atomic E-state index is 14.4. The molecule has 9 heteroatoms. The lowest BCUT2D eigenvalue weighted by Gasteiger charge is -2.19. The highest BCUT2D eigenvalue weighted by Gasteiger charge is 2.18. The first-order valence-electron chi connectivity index (χ1n) is 9.17. The summed E-state index contributed by atoms with van der Waals surface area (Å²) in [6.07, 6.45) is 4.89. The maximum atomic E-state index is 14.4. The number of fused-ring (bicyclic) bond motifs is 1. The standard InChI is InChI=1S/C20H20FN7O/c1-12(2)28-11-24-25-18(28)10-27(3)20(29)14-6-13(7-15(21)8-14)16-4-5-22-19-17(16)9-23-26-19/h4-9,11-12H,10H2,1-3H3,(H,22,23,26). The van der Waals surface area contributed by atoms with Crippen molar-refractivity contribution >= 4 is 16.9 Å². The van der Waals surface area contributed by atoms with Crippen LogP contribution in [0.1, 0.15) is 36.1 Å². The van der Waals surface area contributed by atoms with E-state index in [2.05, 4.69) is 25.4 Å². The van der Waals surface area contributed by atoms with Crippen LogP contribution in [-0.4, -0.2) is 47.8 Å². The Kier molecular flexibility index (Phi) is 4.79. The van der Waals surface area contributed by atoms with Gasteiger partial charge in [-0.1, -0.05) is 0 Å². The number of rotatable bonds is 5. The number of aromatic amines is 1. The largest absolute Gasteiger partial charge is 0.334 e. The zero-order valence-electron chi connectivity index (χ0n) is 16.3. The van der Waals surface area contributed by atoms with Crippen molar-refractivity contribution in [2.45, 2.75) is 26.4 Å². The molecule has 3 heterocycles. The summed E-state index contributed by atoms with van der Waals surface area (Å²) >= 11 is 0. The van der Waals surface area contributed by atoms with Gasteiger partial charge in [-0.25, -0.2) is 9.37 Å². The molecule has 0 saturated heterocycles. The average Bonchev–Trinajstić information content (AvgIpc) is 3.35. The highest BCUT2D eigenvalue weighted by molar-refractivity contribution is 5.97. The minimum atomic E-state index is -0.488. The number of amides is 1. The SMILES string of the molecule is CC(C)n1cnnc1CN(C)C(=O)c1cc(F)cc(-c2ccnc3[nH]ncc23)c1. The van der Waals surface area contributed by atoms with Gasteiger partial charge in [0.05, 0.1) is 12.7 Å². The monoisotopic (exact) mass is 393 g/mol. The first kappa shape index (κ1) is 18.7. The minimum Gasteiger partial charge on any atom is -0.334 e. The van der Waals surface area contributed by atoms with Crippen LogP contribution in [0.3, 0.4) is 0 Å². The van der Waals surface area contributed by atoms with Crippen LogP contribution in [0.15, 0.2) is 43.0 Å². The van der Waals surface area contributed by atoms with Gasteiger partial charge in [-0.3, -0.25) is 9.89 Å². The predicted molar refractivity (Wildman–Crippen MR) is 105 cm³/mol. The van der Waals surface area contributed by atoms with Crippen LogP contribution in [0.4, 0.5) is 4.39 Å². The van der Waals surface area contributed by atoms with E-state index in [4.69, 9.17) is 0 Å². The predicted octanol–water partition coefficient (Wildman–Crippen LogP) is 3.21. The number of carbonyl (C=O) groups is 1. The molecule has 0 aliphatic rings. The molecule has 0 atom stereocenters. The minimum absolute atomic E-state index is 0.174. The number of carbonyl (C=O) groups excluding carboxylic acids is 1. The van der Waals surface area contributed by atoms with E-state index in [0.29, 0.717) is 17.0 Å². The Morgan fingerprint density at radius 3 is 2.93 bits per heavy atom. The third-order valence-electron chi connectivity index (χ3n) is 4.74. The fourth-order valence-corrected chi connectivity index (χ4v) is 3.29. The van der Waals surface area contributed by atoms with E-state index >= 15 is 0 Å². The molecule has 0 saturated carbocycles. The number of hydrogen-bond acceptors (Lipinski definition) is 5. The third-order valence-corrected chi connectivity index (χ3v) is 4.74. The normalized spacial score (nSPS) is 11.3. The Morgan fingerprint density at radius 1 is 1.31 bits per heavy atom. The molecule has 148 valence electrons. The van der Waals surface area contributed by atoms with Gasteiger partial charge in [0.1, 0.15) is 12.1 Å². The highest BCUT2D eigenvalue weighted by atomic mass is 19.1. The average molecular weight is 393 g/mol. The first-order chi connectivity index (χ1) is 13.9.